The highest BCUT2D eigenvalue weighted by atomic mass is 127. The van der Waals surface area contributed by atoms with Crippen molar-refractivity contribution in [1.82, 2.24) is 16.0 Å². The number of carbonyl (C=O) groups excluding carboxylic acids is 1. The molecule has 1 fully saturated rings. The van der Waals surface area contributed by atoms with Gasteiger partial charge in [0.25, 0.3) is 0 Å². The van der Waals surface area contributed by atoms with Gasteiger partial charge in [0.05, 0.1) is 13.2 Å². The molecule has 0 radical (unpaired) electrons. The third kappa shape index (κ3) is 8.03. The number of ether oxygens (including phenoxy) is 1. The first-order valence-corrected chi connectivity index (χ1v) is 10.8. The van der Waals surface area contributed by atoms with E-state index in [2.05, 4.69) is 39.1 Å². The highest BCUT2D eigenvalue weighted by Gasteiger charge is 2.15. The number of benzene rings is 1. The van der Waals surface area contributed by atoms with Crippen molar-refractivity contribution in [2.45, 2.75) is 64.3 Å². The van der Waals surface area contributed by atoms with Crippen LogP contribution in [0.5, 0.6) is 5.75 Å². The maximum Gasteiger partial charge on any atom is 0.222 e. The number of rotatable bonds is 8. The van der Waals surface area contributed by atoms with Gasteiger partial charge in [-0.1, -0.05) is 31.4 Å². The molecule has 2 aliphatic rings. The van der Waals surface area contributed by atoms with Gasteiger partial charge in [-0.25, -0.2) is 0 Å². The molecule has 0 saturated heterocycles. The van der Waals surface area contributed by atoms with Crippen molar-refractivity contribution in [3.05, 3.63) is 29.3 Å². The van der Waals surface area contributed by atoms with E-state index in [-0.39, 0.29) is 29.9 Å². The second-order valence-electron chi connectivity index (χ2n) is 7.63. The number of carbonyl (C=O) groups is 1. The largest absolute Gasteiger partial charge is 0.493 e. The van der Waals surface area contributed by atoms with Crippen molar-refractivity contribution in [3.8, 4) is 5.75 Å². The number of hydrogen-bond acceptors (Lipinski definition) is 3. The number of nitrogens with one attached hydrogen (secondary N) is 3. The van der Waals surface area contributed by atoms with Gasteiger partial charge in [-0.15, -0.1) is 24.0 Å². The summed E-state index contributed by atoms with van der Waals surface area (Å²) >= 11 is 0. The van der Waals surface area contributed by atoms with E-state index in [4.69, 9.17) is 4.74 Å². The first kappa shape index (κ1) is 23.8. The average Bonchev–Trinajstić information content (AvgIpc) is 3.16. The summed E-state index contributed by atoms with van der Waals surface area (Å²) in [6.07, 6.45) is 8.38. The van der Waals surface area contributed by atoms with Crippen molar-refractivity contribution in [2.75, 3.05) is 26.2 Å². The number of nitrogens with zero attached hydrogens (tertiary/aromatic N) is 1. The highest BCUT2D eigenvalue weighted by molar-refractivity contribution is 14.0. The number of aliphatic imine (C=N–C) groups is 1. The van der Waals surface area contributed by atoms with Crippen molar-refractivity contribution < 1.29 is 9.53 Å². The highest BCUT2D eigenvalue weighted by Crippen LogP contribution is 2.25. The molecular formula is C22H35IN4O2. The summed E-state index contributed by atoms with van der Waals surface area (Å²) in [6, 6.07) is 6.81. The predicted octanol–water partition coefficient (Wildman–Crippen LogP) is 3.18. The van der Waals surface area contributed by atoms with E-state index >= 15 is 0 Å². The van der Waals surface area contributed by atoms with Crippen LogP contribution in [0.2, 0.25) is 0 Å². The Morgan fingerprint density at radius 1 is 1.21 bits per heavy atom. The van der Waals surface area contributed by atoms with Gasteiger partial charge < -0.3 is 20.7 Å². The third-order valence-electron chi connectivity index (χ3n) is 5.38. The minimum Gasteiger partial charge on any atom is -0.493 e. The molecule has 7 heteroatoms. The van der Waals surface area contributed by atoms with Crippen LogP contribution in [0.4, 0.5) is 0 Å². The first-order chi connectivity index (χ1) is 13.7. The molecule has 162 valence electrons. The van der Waals surface area contributed by atoms with Gasteiger partial charge in [0.2, 0.25) is 5.91 Å². The first-order valence-electron chi connectivity index (χ1n) is 10.8. The van der Waals surface area contributed by atoms with Gasteiger partial charge in [0.1, 0.15) is 5.75 Å². The summed E-state index contributed by atoms with van der Waals surface area (Å²) in [5, 5.41) is 9.77. The zero-order chi connectivity index (χ0) is 19.6. The van der Waals surface area contributed by atoms with E-state index in [1.54, 1.807) is 0 Å². The second-order valence-corrected chi connectivity index (χ2v) is 7.63. The summed E-state index contributed by atoms with van der Waals surface area (Å²) in [5.74, 6) is 1.92. The van der Waals surface area contributed by atoms with Gasteiger partial charge in [0, 0.05) is 32.0 Å². The molecule has 1 aromatic carbocycles. The molecule has 1 aromatic rings. The van der Waals surface area contributed by atoms with Gasteiger partial charge >= 0.3 is 0 Å². The molecular weight excluding hydrogens is 479 g/mol. The minimum absolute atomic E-state index is 0. The van der Waals surface area contributed by atoms with E-state index in [1.807, 2.05) is 6.92 Å². The van der Waals surface area contributed by atoms with Gasteiger partial charge in [0.15, 0.2) is 5.96 Å². The van der Waals surface area contributed by atoms with Crippen molar-refractivity contribution in [3.63, 3.8) is 0 Å². The zero-order valence-corrected chi connectivity index (χ0v) is 19.8. The molecule has 1 heterocycles. The second kappa shape index (κ2) is 12.9. The van der Waals surface area contributed by atoms with Gasteiger partial charge in [-0.05, 0) is 43.4 Å². The van der Waals surface area contributed by atoms with Crippen LogP contribution in [-0.2, 0) is 17.6 Å². The Labute approximate surface area is 191 Å². The van der Waals surface area contributed by atoms with Crippen LogP contribution in [-0.4, -0.2) is 44.1 Å². The van der Waals surface area contributed by atoms with Crippen molar-refractivity contribution >= 4 is 35.8 Å². The van der Waals surface area contributed by atoms with E-state index in [0.717, 1.165) is 57.1 Å². The maximum atomic E-state index is 12.1. The van der Waals surface area contributed by atoms with Crippen LogP contribution in [0.1, 0.15) is 56.6 Å². The van der Waals surface area contributed by atoms with Crippen molar-refractivity contribution in [2.24, 2.45) is 4.99 Å². The van der Waals surface area contributed by atoms with Crippen LogP contribution in [0, 0.1) is 0 Å². The van der Waals surface area contributed by atoms with Crippen LogP contribution in [0.3, 0.4) is 0 Å². The third-order valence-corrected chi connectivity index (χ3v) is 5.38. The molecule has 1 aliphatic carbocycles. The SMILES string of the molecule is CCNC(=NCCC(=O)NC1CCCCC1)NCCc1ccc2c(c1)CCO2.I. The molecule has 29 heavy (non-hydrogen) atoms. The number of guanidine groups is 1. The molecule has 1 aliphatic heterocycles. The number of halogens is 1. The number of fused-ring (bicyclic) bond motifs is 1. The quantitative estimate of drug-likeness (QED) is 0.283. The lowest BCUT2D eigenvalue weighted by molar-refractivity contribution is -0.121. The standard InChI is InChI=1S/C22H34N4O2.HI/c1-2-23-22(25-14-11-21(27)26-19-6-4-3-5-7-19)24-13-10-17-8-9-20-18(16-17)12-15-28-20;/h8-9,16,19H,2-7,10-15H2,1H3,(H,26,27)(H2,23,24,25);1H. The Kier molecular flexibility index (Phi) is 10.6. The Morgan fingerprint density at radius 2 is 2.03 bits per heavy atom. The summed E-state index contributed by atoms with van der Waals surface area (Å²) in [6.45, 7) is 4.95. The summed E-state index contributed by atoms with van der Waals surface area (Å²) < 4.78 is 5.56. The van der Waals surface area contributed by atoms with Gasteiger partial charge in [-0.3, -0.25) is 9.79 Å². The number of hydrogen-bond donors (Lipinski definition) is 3. The fraction of sp³-hybridized carbons (Fsp3) is 0.636. The summed E-state index contributed by atoms with van der Waals surface area (Å²) in [4.78, 5) is 16.7. The molecule has 3 N–H and O–H groups in total. The minimum atomic E-state index is 0. The van der Waals surface area contributed by atoms with Crippen LogP contribution >= 0.6 is 24.0 Å². The van der Waals surface area contributed by atoms with Crippen LogP contribution in [0.15, 0.2) is 23.2 Å². The van der Waals surface area contributed by atoms with E-state index in [1.165, 1.54) is 30.4 Å². The summed E-state index contributed by atoms with van der Waals surface area (Å²) in [5.41, 5.74) is 2.61. The summed E-state index contributed by atoms with van der Waals surface area (Å²) in [7, 11) is 0. The van der Waals surface area contributed by atoms with Crippen molar-refractivity contribution in [1.29, 1.82) is 0 Å². The van der Waals surface area contributed by atoms with E-state index < -0.39 is 0 Å². The Morgan fingerprint density at radius 3 is 2.83 bits per heavy atom. The smallest absolute Gasteiger partial charge is 0.222 e. The lowest BCUT2D eigenvalue weighted by Gasteiger charge is -2.22. The topological polar surface area (TPSA) is 74.8 Å². The van der Waals surface area contributed by atoms with Gasteiger partial charge in [-0.2, -0.15) is 0 Å². The normalized spacial score (nSPS) is 16.4. The molecule has 0 bridgehead atoms. The average molecular weight is 514 g/mol. The molecule has 3 rings (SSSR count). The number of amides is 1. The van der Waals surface area contributed by atoms with Crippen LogP contribution < -0.4 is 20.7 Å². The molecule has 0 atom stereocenters. The Hall–Kier alpha value is -1.51. The fourth-order valence-electron chi connectivity index (χ4n) is 3.88. The monoisotopic (exact) mass is 514 g/mol. The lowest BCUT2D eigenvalue weighted by Crippen LogP contribution is -2.39. The predicted molar refractivity (Wildman–Crippen MR) is 128 cm³/mol. The molecule has 6 nitrogen and oxygen atoms in total. The Balaban J connectivity index is 0.00000300. The lowest BCUT2D eigenvalue weighted by atomic mass is 9.95. The molecule has 0 aromatic heterocycles. The molecule has 1 saturated carbocycles. The Bertz CT molecular complexity index is 675. The molecule has 0 spiro atoms. The zero-order valence-electron chi connectivity index (χ0n) is 17.5. The molecule has 1 amide bonds. The van der Waals surface area contributed by atoms with Crippen LogP contribution in [0.25, 0.3) is 0 Å². The molecule has 0 unspecified atom stereocenters. The van der Waals surface area contributed by atoms with E-state index in [9.17, 15) is 4.79 Å². The maximum absolute atomic E-state index is 12.1. The fourth-order valence-corrected chi connectivity index (χ4v) is 3.88. The van der Waals surface area contributed by atoms with E-state index in [0.29, 0.717) is 19.0 Å².